The number of ether oxygens (including phenoxy) is 2. The van der Waals surface area contributed by atoms with Gasteiger partial charge in [0.05, 0.1) is 24.2 Å². The molecule has 2 aliphatic heterocycles. The Bertz CT molecular complexity index is 682. The van der Waals surface area contributed by atoms with Crippen LogP contribution in [0.2, 0.25) is 0 Å². The Balaban J connectivity index is 1.64. The number of nitrogens with zero attached hydrogens (tertiary/aromatic N) is 1. The van der Waals surface area contributed by atoms with E-state index in [4.69, 9.17) is 9.47 Å². The van der Waals surface area contributed by atoms with Crippen molar-refractivity contribution in [3.8, 4) is 0 Å². The highest BCUT2D eigenvalue weighted by Crippen LogP contribution is 2.27. The Kier molecular flexibility index (Phi) is 4.18. The molecule has 22 heavy (non-hydrogen) atoms. The Labute approximate surface area is 129 Å². The van der Waals surface area contributed by atoms with Gasteiger partial charge in [0.25, 0.3) is 0 Å². The predicted molar refractivity (Wildman–Crippen MR) is 77.5 cm³/mol. The molecule has 0 saturated carbocycles. The van der Waals surface area contributed by atoms with Gasteiger partial charge < -0.3 is 14.8 Å². The average molecular weight is 326 g/mol. The fourth-order valence-electron chi connectivity index (χ4n) is 2.58. The molecule has 8 heteroatoms. The van der Waals surface area contributed by atoms with E-state index >= 15 is 0 Å². The lowest BCUT2D eigenvalue weighted by Gasteiger charge is -2.38. The first-order chi connectivity index (χ1) is 10.5. The summed E-state index contributed by atoms with van der Waals surface area (Å²) in [5.41, 5.74) is 1.96. The van der Waals surface area contributed by atoms with Crippen LogP contribution in [0, 0.1) is 0 Å². The van der Waals surface area contributed by atoms with Crippen LogP contribution in [0.1, 0.15) is 11.1 Å². The van der Waals surface area contributed by atoms with Crippen molar-refractivity contribution < 1.29 is 22.7 Å². The topological polar surface area (TPSA) is 84.9 Å². The second kappa shape index (κ2) is 5.96. The number of sulfonamides is 1. The summed E-state index contributed by atoms with van der Waals surface area (Å²) in [4.78, 5) is 11.7. The van der Waals surface area contributed by atoms with Crippen molar-refractivity contribution in [3.63, 3.8) is 0 Å². The largest absolute Gasteiger partial charge is 0.375 e. The zero-order valence-electron chi connectivity index (χ0n) is 12.2. The van der Waals surface area contributed by atoms with Crippen LogP contribution in [0.3, 0.4) is 0 Å². The number of benzene rings is 1. The van der Waals surface area contributed by atoms with Gasteiger partial charge in [0.15, 0.2) is 0 Å². The van der Waals surface area contributed by atoms with Gasteiger partial charge in [-0.05, 0) is 23.3 Å². The molecule has 0 aromatic heterocycles. The highest BCUT2D eigenvalue weighted by molar-refractivity contribution is 7.89. The van der Waals surface area contributed by atoms with Gasteiger partial charge in [-0.25, -0.2) is 8.42 Å². The van der Waals surface area contributed by atoms with Gasteiger partial charge in [0.1, 0.15) is 6.61 Å². The Morgan fingerprint density at radius 3 is 2.82 bits per heavy atom. The Morgan fingerprint density at radius 1 is 1.36 bits per heavy atom. The number of hydrogen-bond donors (Lipinski definition) is 1. The van der Waals surface area contributed by atoms with E-state index in [1.807, 2.05) is 0 Å². The first kappa shape index (κ1) is 15.4. The highest BCUT2D eigenvalue weighted by atomic mass is 32.2. The van der Waals surface area contributed by atoms with Crippen LogP contribution in [0.15, 0.2) is 23.1 Å². The number of fused-ring (bicyclic) bond motifs is 1. The van der Waals surface area contributed by atoms with E-state index in [0.29, 0.717) is 13.2 Å². The molecule has 1 saturated heterocycles. The minimum Gasteiger partial charge on any atom is -0.375 e. The van der Waals surface area contributed by atoms with Crippen LogP contribution in [-0.2, 0) is 37.5 Å². The lowest BCUT2D eigenvalue weighted by molar-refractivity contribution is -0.126. The van der Waals surface area contributed by atoms with Gasteiger partial charge in [0.2, 0.25) is 15.9 Å². The highest BCUT2D eigenvalue weighted by Gasteiger charge is 2.37. The lowest BCUT2D eigenvalue weighted by Crippen LogP contribution is -2.61. The van der Waals surface area contributed by atoms with Crippen molar-refractivity contribution in [1.82, 2.24) is 9.62 Å². The fourth-order valence-corrected chi connectivity index (χ4v) is 4.17. The first-order valence-corrected chi connectivity index (χ1v) is 8.42. The summed E-state index contributed by atoms with van der Waals surface area (Å²) in [6.07, 6.45) is 0. The maximum Gasteiger partial charge on any atom is 0.246 e. The minimum absolute atomic E-state index is 0.0198. The molecular weight excluding hydrogens is 308 g/mol. The van der Waals surface area contributed by atoms with E-state index in [2.05, 4.69) is 5.32 Å². The molecule has 2 heterocycles. The van der Waals surface area contributed by atoms with Crippen molar-refractivity contribution in [2.45, 2.75) is 24.2 Å². The molecular formula is C14H18N2O5S. The van der Waals surface area contributed by atoms with Gasteiger partial charge in [-0.1, -0.05) is 6.07 Å². The van der Waals surface area contributed by atoms with Crippen LogP contribution in [-0.4, -0.2) is 51.5 Å². The molecule has 0 atom stereocenters. The van der Waals surface area contributed by atoms with Gasteiger partial charge >= 0.3 is 0 Å². The maximum atomic E-state index is 12.5. The molecule has 0 unspecified atom stereocenters. The molecule has 7 nitrogen and oxygen atoms in total. The summed E-state index contributed by atoms with van der Waals surface area (Å²) in [5.74, 6) is -0.237. The summed E-state index contributed by atoms with van der Waals surface area (Å²) >= 11 is 0. The molecule has 1 N–H and O–H groups in total. The summed E-state index contributed by atoms with van der Waals surface area (Å²) < 4.78 is 36.4. The second-order valence-electron chi connectivity index (χ2n) is 5.44. The molecule has 0 bridgehead atoms. The number of methoxy groups -OCH3 is 1. The van der Waals surface area contributed by atoms with Gasteiger partial charge in [-0.2, -0.15) is 4.31 Å². The van der Waals surface area contributed by atoms with Crippen LogP contribution in [0.25, 0.3) is 0 Å². The monoisotopic (exact) mass is 326 g/mol. The standard InChI is InChI=1S/C14H18N2O5S/c1-20-9-14(17)15-12-5-16(6-12)22(18,19)13-3-2-10-7-21-8-11(10)4-13/h2-4,12H,5-9H2,1H3,(H,15,17). The van der Waals surface area contributed by atoms with Gasteiger partial charge in [-0.3, -0.25) is 4.79 Å². The summed E-state index contributed by atoms with van der Waals surface area (Å²) in [6.45, 7) is 1.53. The second-order valence-corrected chi connectivity index (χ2v) is 7.38. The molecule has 0 aliphatic carbocycles. The first-order valence-electron chi connectivity index (χ1n) is 6.98. The molecule has 0 radical (unpaired) electrons. The van der Waals surface area contributed by atoms with E-state index in [1.54, 1.807) is 18.2 Å². The SMILES string of the molecule is COCC(=O)NC1CN(S(=O)(=O)c2ccc3c(c2)COC3)C1. The zero-order chi connectivity index (χ0) is 15.7. The Hall–Kier alpha value is -1.48. The van der Waals surface area contributed by atoms with Crippen molar-refractivity contribution in [3.05, 3.63) is 29.3 Å². The van der Waals surface area contributed by atoms with Crippen molar-refractivity contribution in [1.29, 1.82) is 0 Å². The number of nitrogens with one attached hydrogen (secondary N) is 1. The third kappa shape index (κ3) is 2.87. The van der Waals surface area contributed by atoms with E-state index < -0.39 is 10.0 Å². The molecule has 1 aromatic carbocycles. The summed E-state index contributed by atoms with van der Waals surface area (Å²) in [5, 5.41) is 2.72. The molecule has 0 spiro atoms. The van der Waals surface area contributed by atoms with Crippen LogP contribution in [0.4, 0.5) is 0 Å². The number of carbonyl (C=O) groups is 1. The number of carbonyl (C=O) groups excluding carboxylic acids is 1. The van der Waals surface area contributed by atoms with Crippen LogP contribution < -0.4 is 5.32 Å². The van der Waals surface area contributed by atoms with Crippen molar-refractivity contribution >= 4 is 15.9 Å². The molecule has 1 aromatic rings. The van der Waals surface area contributed by atoms with E-state index in [9.17, 15) is 13.2 Å². The molecule has 2 aliphatic rings. The molecule has 1 amide bonds. The van der Waals surface area contributed by atoms with E-state index in [-0.39, 0.29) is 36.5 Å². The molecule has 120 valence electrons. The lowest BCUT2D eigenvalue weighted by atomic mass is 10.1. The van der Waals surface area contributed by atoms with Crippen LogP contribution >= 0.6 is 0 Å². The number of amides is 1. The maximum absolute atomic E-state index is 12.5. The van der Waals surface area contributed by atoms with Gasteiger partial charge in [-0.15, -0.1) is 0 Å². The average Bonchev–Trinajstić information content (AvgIpc) is 2.89. The normalized spacial score (nSPS) is 18.8. The van der Waals surface area contributed by atoms with Crippen LogP contribution in [0.5, 0.6) is 0 Å². The Morgan fingerprint density at radius 2 is 2.09 bits per heavy atom. The predicted octanol–water partition coefficient (Wildman–Crippen LogP) is -0.148. The fraction of sp³-hybridized carbons (Fsp3) is 0.500. The summed E-state index contributed by atoms with van der Waals surface area (Å²) in [6, 6.07) is 4.93. The zero-order valence-corrected chi connectivity index (χ0v) is 13.1. The molecule has 3 rings (SSSR count). The van der Waals surface area contributed by atoms with E-state index in [1.165, 1.54) is 11.4 Å². The third-order valence-electron chi connectivity index (χ3n) is 3.82. The van der Waals surface area contributed by atoms with Crippen molar-refractivity contribution in [2.24, 2.45) is 0 Å². The minimum atomic E-state index is -3.51. The number of hydrogen-bond acceptors (Lipinski definition) is 5. The quantitative estimate of drug-likeness (QED) is 0.813. The third-order valence-corrected chi connectivity index (χ3v) is 5.65. The van der Waals surface area contributed by atoms with Gasteiger partial charge in [0, 0.05) is 20.2 Å². The summed E-state index contributed by atoms with van der Waals surface area (Å²) in [7, 11) is -2.07. The van der Waals surface area contributed by atoms with E-state index in [0.717, 1.165) is 11.1 Å². The number of rotatable bonds is 5. The van der Waals surface area contributed by atoms with Crippen molar-refractivity contribution in [2.75, 3.05) is 26.8 Å². The smallest absolute Gasteiger partial charge is 0.246 e. The molecule has 1 fully saturated rings.